The van der Waals surface area contributed by atoms with Crippen molar-refractivity contribution < 1.29 is 21.6 Å². The van der Waals surface area contributed by atoms with Crippen molar-refractivity contribution in [3.63, 3.8) is 0 Å². The Hall–Kier alpha value is -2.85. The van der Waals surface area contributed by atoms with E-state index in [2.05, 4.69) is 16.6 Å². The summed E-state index contributed by atoms with van der Waals surface area (Å²) in [4.78, 5) is 12.7. The SMILES string of the molecule is C=C(CCc1ccccc1)NC(=O)c1cc(Cl)c(Cl)cc1NS(=O)(=O)c1ccc(S(C)(=O)=O)cc1. The minimum Gasteiger partial charge on any atom is -0.326 e. The van der Waals surface area contributed by atoms with Crippen molar-refractivity contribution in [2.75, 3.05) is 11.0 Å². The smallest absolute Gasteiger partial charge is 0.261 e. The average Bonchev–Trinajstić information content (AvgIpc) is 2.80. The maximum Gasteiger partial charge on any atom is 0.261 e. The lowest BCUT2D eigenvalue weighted by Crippen LogP contribution is -2.25. The predicted molar refractivity (Wildman–Crippen MR) is 138 cm³/mol. The van der Waals surface area contributed by atoms with Crippen LogP contribution in [0.1, 0.15) is 22.3 Å². The van der Waals surface area contributed by atoms with Gasteiger partial charge >= 0.3 is 0 Å². The van der Waals surface area contributed by atoms with E-state index in [4.69, 9.17) is 23.2 Å². The third kappa shape index (κ3) is 7.08. The van der Waals surface area contributed by atoms with E-state index < -0.39 is 25.8 Å². The third-order valence-corrected chi connectivity index (χ3v) is 8.19. The van der Waals surface area contributed by atoms with Crippen LogP contribution in [-0.2, 0) is 26.3 Å². The molecule has 0 saturated carbocycles. The summed E-state index contributed by atoms with van der Waals surface area (Å²) in [5, 5.41) is 2.77. The first kappa shape index (κ1) is 26.7. The zero-order chi connectivity index (χ0) is 25.8. The van der Waals surface area contributed by atoms with Crippen LogP contribution in [0, 0.1) is 0 Å². The van der Waals surface area contributed by atoms with E-state index in [1.165, 1.54) is 24.3 Å². The molecule has 0 aliphatic rings. The van der Waals surface area contributed by atoms with E-state index >= 15 is 0 Å². The number of anilines is 1. The summed E-state index contributed by atoms with van der Waals surface area (Å²) in [6, 6.07) is 16.8. The van der Waals surface area contributed by atoms with Gasteiger partial charge in [0.15, 0.2) is 9.84 Å². The normalized spacial score (nSPS) is 11.6. The standard InChI is InChI=1S/C24H22Cl2N2O5S2/c1-16(8-9-17-6-4-3-5-7-17)27-24(29)20-14-21(25)22(26)15-23(20)28-35(32,33)19-12-10-18(11-13-19)34(2,30)31/h3-7,10-15,28H,1,8-9H2,2H3,(H,27,29). The van der Waals surface area contributed by atoms with Gasteiger partial charge in [-0.05, 0) is 54.8 Å². The molecule has 1 amide bonds. The van der Waals surface area contributed by atoms with Gasteiger partial charge in [-0.1, -0.05) is 60.1 Å². The van der Waals surface area contributed by atoms with E-state index in [-0.39, 0.29) is 31.1 Å². The molecule has 0 heterocycles. The summed E-state index contributed by atoms with van der Waals surface area (Å²) in [5.74, 6) is -0.619. The molecule has 3 rings (SSSR count). The van der Waals surface area contributed by atoms with Gasteiger partial charge in [0.2, 0.25) is 0 Å². The van der Waals surface area contributed by atoms with Crippen molar-refractivity contribution in [3.8, 4) is 0 Å². The molecule has 0 saturated heterocycles. The van der Waals surface area contributed by atoms with E-state index in [0.29, 0.717) is 18.5 Å². The molecule has 0 fully saturated rings. The van der Waals surface area contributed by atoms with Crippen LogP contribution >= 0.6 is 23.2 Å². The fourth-order valence-electron chi connectivity index (χ4n) is 3.12. The lowest BCUT2D eigenvalue weighted by molar-refractivity contribution is 0.0965. The number of benzene rings is 3. The molecule has 0 atom stereocenters. The number of nitrogens with one attached hydrogen (secondary N) is 2. The number of sulfonamides is 1. The first-order chi connectivity index (χ1) is 16.4. The zero-order valence-electron chi connectivity index (χ0n) is 18.6. The maximum absolute atomic E-state index is 13.0. The summed E-state index contributed by atoms with van der Waals surface area (Å²) < 4.78 is 51.5. The Morgan fingerprint density at radius 2 is 1.46 bits per heavy atom. The van der Waals surface area contributed by atoms with Crippen LogP contribution in [0.25, 0.3) is 0 Å². The summed E-state index contributed by atoms with van der Waals surface area (Å²) in [5.41, 5.74) is 1.36. The summed E-state index contributed by atoms with van der Waals surface area (Å²) >= 11 is 12.2. The van der Waals surface area contributed by atoms with Gasteiger partial charge in [0.1, 0.15) is 0 Å². The lowest BCUT2D eigenvalue weighted by atomic mass is 10.1. The fraction of sp³-hybridized carbons (Fsp3) is 0.125. The Kier molecular flexibility index (Phi) is 8.27. The molecule has 0 aliphatic heterocycles. The molecule has 184 valence electrons. The Labute approximate surface area is 214 Å². The van der Waals surface area contributed by atoms with Crippen LogP contribution in [0.4, 0.5) is 5.69 Å². The number of carbonyl (C=O) groups is 1. The summed E-state index contributed by atoms with van der Waals surface area (Å²) in [6.45, 7) is 3.88. The lowest BCUT2D eigenvalue weighted by Gasteiger charge is -2.15. The van der Waals surface area contributed by atoms with Gasteiger partial charge in [0.05, 0.1) is 31.1 Å². The number of allylic oxidation sites excluding steroid dienone is 1. The van der Waals surface area contributed by atoms with E-state index in [1.54, 1.807) is 0 Å². The van der Waals surface area contributed by atoms with Crippen LogP contribution in [-0.4, -0.2) is 29.0 Å². The second-order valence-corrected chi connectivity index (χ2v) is 12.2. The topological polar surface area (TPSA) is 109 Å². The van der Waals surface area contributed by atoms with E-state index in [1.807, 2.05) is 30.3 Å². The molecule has 3 aromatic rings. The molecular weight excluding hydrogens is 531 g/mol. The number of hydrogen-bond donors (Lipinski definition) is 2. The Morgan fingerprint density at radius 3 is 2.06 bits per heavy atom. The molecule has 0 unspecified atom stereocenters. The second-order valence-electron chi connectivity index (χ2n) is 7.70. The van der Waals surface area contributed by atoms with Crippen molar-refractivity contribution in [1.82, 2.24) is 5.32 Å². The highest BCUT2D eigenvalue weighted by Crippen LogP contribution is 2.31. The number of amides is 1. The van der Waals surface area contributed by atoms with Crippen molar-refractivity contribution in [3.05, 3.63) is 100 Å². The first-order valence-electron chi connectivity index (χ1n) is 10.2. The fourth-order valence-corrected chi connectivity index (χ4v) is 5.15. The number of aryl methyl sites for hydroxylation is 1. The molecule has 0 radical (unpaired) electrons. The first-order valence-corrected chi connectivity index (χ1v) is 14.3. The van der Waals surface area contributed by atoms with Crippen LogP contribution in [0.2, 0.25) is 10.0 Å². The molecule has 35 heavy (non-hydrogen) atoms. The Balaban J connectivity index is 1.82. The van der Waals surface area contributed by atoms with Crippen molar-refractivity contribution in [2.45, 2.75) is 22.6 Å². The summed E-state index contributed by atoms with van der Waals surface area (Å²) in [6.07, 6.45) is 2.15. The highest BCUT2D eigenvalue weighted by Gasteiger charge is 2.22. The van der Waals surface area contributed by atoms with Crippen LogP contribution < -0.4 is 10.0 Å². The molecule has 0 aromatic heterocycles. The van der Waals surface area contributed by atoms with Crippen LogP contribution in [0.3, 0.4) is 0 Å². The average molecular weight is 553 g/mol. The number of halogens is 2. The highest BCUT2D eigenvalue weighted by molar-refractivity contribution is 7.92. The van der Waals surface area contributed by atoms with Crippen molar-refractivity contribution >= 4 is 54.7 Å². The van der Waals surface area contributed by atoms with Gasteiger partial charge in [0.25, 0.3) is 15.9 Å². The molecule has 0 aliphatic carbocycles. The zero-order valence-corrected chi connectivity index (χ0v) is 21.7. The maximum atomic E-state index is 13.0. The largest absolute Gasteiger partial charge is 0.326 e. The molecule has 7 nitrogen and oxygen atoms in total. The molecule has 2 N–H and O–H groups in total. The molecule has 11 heteroatoms. The minimum absolute atomic E-state index is 0.0277. The Bertz CT molecular complexity index is 1470. The molecule has 3 aromatic carbocycles. The number of sulfone groups is 1. The monoisotopic (exact) mass is 552 g/mol. The van der Waals surface area contributed by atoms with Crippen molar-refractivity contribution in [1.29, 1.82) is 0 Å². The number of carbonyl (C=O) groups excluding carboxylic acids is 1. The quantitative estimate of drug-likeness (QED) is 0.385. The van der Waals surface area contributed by atoms with Gasteiger partial charge < -0.3 is 5.32 Å². The van der Waals surface area contributed by atoms with E-state index in [0.717, 1.165) is 24.0 Å². The number of rotatable bonds is 9. The highest BCUT2D eigenvalue weighted by atomic mass is 35.5. The second kappa shape index (κ2) is 10.8. The summed E-state index contributed by atoms with van der Waals surface area (Å²) in [7, 11) is -7.68. The number of hydrogen-bond acceptors (Lipinski definition) is 5. The predicted octanol–water partition coefficient (Wildman–Crippen LogP) is 5.07. The third-order valence-electron chi connectivity index (χ3n) is 4.96. The van der Waals surface area contributed by atoms with Gasteiger partial charge in [0, 0.05) is 12.0 Å². The Morgan fingerprint density at radius 1 is 0.886 bits per heavy atom. The molecule has 0 bridgehead atoms. The van der Waals surface area contributed by atoms with Gasteiger partial charge in [-0.3, -0.25) is 9.52 Å². The van der Waals surface area contributed by atoms with Gasteiger partial charge in [-0.2, -0.15) is 0 Å². The van der Waals surface area contributed by atoms with Crippen LogP contribution in [0.15, 0.2) is 88.8 Å². The van der Waals surface area contributed by atoms with E-state index in [9.17, 15) is 21.6 Å². The molecule has 0 spiro atoms. The van der Waals surface area contributed by atoms with Gasteiger partial charge in [-0.25, -0.2) is 16.8 Å². The van der Waals surface area contributed by atoms with Gasteiger partial charge in [-0.15, -0.1) is 0 Å². The van der Waals surface area contributed by atoms with Crippen LogP contribution in [0.5, 0.6) is 0 Å². The minimum atomic E-state index is -4.18. The van der Waals surface area contributed by atoms with Crippen molar-refractivity contribution in [2.24, 2.45) is 0 Å². The molecular formula is C24H22Cl2N2O5S2.